The molecule has 1 aromatic heterocycles. The van der Waals surface area contributed by atoms with Crippen molar-refractivity contribution in [2.45, 2.75) is 26.3 Å². The molecule has 100 valence electrons. The normalized spacial score (nSPS) is 11.9. The van der Waals surface area contributed by atoms with Crippen LogP contribution in [0, 0.1) is 0 Å². The molecule has 4 heteroatoms. The third-order valence-electron chi connectivity index (χ3n) is 2.71. The van der Waals surface area contributed by atoms with Gasteiger partial charge < -0.3 is 10.1 Å². The highest BCUT2D eigenvalue weighted by Gasteiger charge is 2.05. The van der Waals surface area contributed by atoms with Gasteiger partial charge in [-0.15, -0.1) is 0 Å². The van der Waals surface area contributed by atoms with Gasteiger partial charge in [-0.3, -0.25) is 0 Å². The largest absolute Gasteiger partial charge is 0.478 e. The summed E-state index contributed by atoms with van der Waals surface area (Å²) in [5.41, 5.74) is 1.31. The number of benzene rings is 1. The van der Waals surface area contributed by atoms with Crippen LogP contribution in [0.15, 0.2) is 42.7 Å². The Kier molecular flexibility index (Phi) is 4.72. The smallest absolute Gasteiger partial charge is 0.218 e. The van der Waals surface area contributed by atoms with E-state index < -0.39 is 0 Å². The second-order valence-electron chi connectivity index (χ2n) is 4.41. The first-order valence-electron chi connectivity index (χ1n) is 6.53. The molecular weight excluding hydrogens is 238 g/mol. The molecule has 1 atom stereocenters. The van der Waals surface area contributed by atoms with E-state index >= 15 is 0 Å². The fraction of sp³-hybridized carbons (Fsp3) is 0.333. The lowest BCUT2D eigenvalue weighted by molar-refractivity contribution is 0.326. The molecule has 0 aliphatic carbocycles. The minimum Gasteiger partial charge on any atom is -0.478 e. The summed E-state index contributed by atoms with van der Waals surface area (Å²) in [5.74, 6) is 1.40. The van der Waals surface area contributed by atoms with E-state index in [0.29, 0.717) is 18.5 Å². The fourth-order valence-electron chi connectivity index (χ4n) is 1.92. The Morgan fingerprint density at radius 1 is 1.21 bits per heavy atom. The van der Waals surface area contributed by atoms with Crippen LogP contribution in [-0.2, 0) is 6.42 Å². The number of hydrogen-bond acceptors (Lipinski definition) is 4. The van der Waals surface area contributed by atoms with Gasteiger partial charge in [0, 0.05) is 12.1 Å². The van der Waals surface area contributed by atoms with Crippen molar-refractivity contribution in [3.63, 3.8) is 0 Å². The van der Waals surface area contributed by atoms with Crippen molar-refractivity contribution in [2.24, 2.45) is 0 Å². The fourth-order valence-corrected chi connectivity index (χ4v) is 1.92. The van der Waals surface area contributed by atoms with Gasteiger partial charge in [0.15, 0.2) is 0 Å². The number of anilines is 1. The zero-order valence-corrected chi connectivity index (χ0v) is 11.3. The van der Waals surface area contributed by atoms with Gasteiger partial charge in [0.05, 0.1) is 6.61 Å². The average molecular weight is 257 g/mol. The summed E-state index contributed by atoms with van der Waals surface area (Å²) < 4.78 is 5.36. The van der Waals surface area contributed by atoms with E-state index in [1.54, 1.807) is 0 Å². The average Bonchev–Trinajstić information content (AvgIpc) is 2.40. The zero-order chi connectivity index (χ0) is 13.5. The Balaban J connectivity index is 1.95. The highest BCUT2D eigenvalue weighted by Crippen LogP contribution is 2.13. The van der Waals surface area contributed by atoms with Crippen molar-refractivity contribution >= 4 is 5.82 Å². The summed E-state index contributed by atoms with van der Waals surface area (Å²) in [6, 6.07) is 12.5. The maximum absolute atomic E-state index is 5.36. The molecule has 1 aromatic carbocycles. The minimum absolute atomic E-state index is 0.298. The number of aromatic nitrogens is 2. The quantitative estimate of drug-likeness (QED) is 0.864. The Morgan fingerprint density at radius 2 is 2.00 bits per heavy atom. The molecule has 0 aliphatic heterocycles. The van der Waals surface area contributed by atoms with Crippen molar-refractivity contribution in [3.8, 4) is 5.88 Å². The molecular formula is C15H19N3O. The Bertz CT molecular complexity index is 502. The van der Waals surface area contributed by atoms with Gasteiger partial charge in [-0.05, 0) is 25.8 Å². The Morgan fingerprint density at radius 3 is 2.74 bits per heavy atom. The lowest BCUT2D eigenvalue weighted by Crippen LogP contribution is -2.18. The third kappa shape index (κ3) is 4.25. The summed E-state index contributed by atoms with van der Waals surface area (Å²) >= 11 is 0. The first-order chi connectivity index (χ1) is 9.28. The van der Waals surface area contributed by atoms with Gasteiger partial charge in [-0.2, -0.15) is 0 Å². The van der Waals surface area contributed by atoms with E-state index in [1.165, 1.54) is 11.9 Å². The second kappa shape index (κ2) is 6.73. The third-order valence-corrected chi connectivity index (χ3v) is 2.71. The van der Waals surface area contributed by atoms with Crippen LogP contribution in [0.3, 0.4) is 0 Å². The van der Waals surface area contributed by atoms with Crippen LogP contribution in [0.2, 0.25) is 0 Å². The molecule has 0 radical (unpaired) electrons. The molecule has 1 N–H and O–H groups in total. The first kappa shape index (κ1) is 13.3. The van der Waals surface area contributed by atoms with Crippen LogP contribution in [0.4, 0.5) is 5.82 Å². The second-order valence-corrected chi connectivity index (χ2v) is 4.41. The summed E-state index contributed by atoms with van der Waals surface area (Å²) in [5, 5.41) is 3.36. The van der Waals surface area contributed by atoms with Gasteiger partial charge in [-0.25, -0.2) is 9.97 Å². The van der Waals surface area contributed by atoms with E-state index in [9.17, 15) is 0 Å². The van der Waals surface area contributed by atoms with Crippen LogP contribution in [0.25, 0.3) is 0 Å². The summed E-state index contributed by atoms with van der Waals surface area (Å²) in [7, 11) is 0. The molecule has 2 rings (SSSR count). The maximum atomic E-state index is 5.36. The van der Waals surface area contributed by atoms with Crippen molar-refractivity contribution in [2.75, 3.05) is 11.9 Å². The Hall–Kier alpha value is -2.10. The SMILES string of the molecule is CCOc1cc(NC(C)Cc2ccccc2)ncn1. The molecule has 1 heterocycles. The van der Waals surface area contributed by atoms with Crippen LogP contribution < -0.4 is 10.1 Å². The molecule has 0 fully saturated rings. The van der Waals surface area contributed by atoms with Crippen LogP contribution in [0.1, 0.15) is 19.4 Å². The molecule has 0 spiro atoms. The first-order valence-corrected chi connectivity index (χ1v) is 6.53. The monoisotopic (exact) mass is 257 g/mol. The summed E-state index contributed by atoms with van der Waals surface area (Å²) in [6.45, 7) is 4.68. The highest BCUT2D eigenvalue weighted by atomic mass is 16.5. The van der Waals surface area contributed by atoms with Gasteiger partial charge in [-0.1, -0.05) is 30.3 Å². The van der Waals surface area contributed by atoms with E-state index in [-0.39, 0.29) is 0 Å². The summed E-state index contributed by atoms with van der Waals surface area (Å²) in [4.78, 5) is 8.25. The number of hydrogen-bond donors (Lipinski definition) is 1. The number of nitrogens with one attached hydrogen (secondary N) is 1. The van der Waals surface area contributed by atoms with Gasteiger partial charge >= 0.3 is 0 Å². The zero-order valence-electron chi connectivity index (χ0n) is 11.3. The lowest BCUT2D eigenvalue weighted by atomic mass is 10.1. The van der Waals surface area contributed by atoms with E-state index in [2.05, 4.69) is 46.5 Å². The van der Waals surface area contributed by atoms with E-state index in [0.717, 1.165) is 12.2 Å². The maximum Gasteiger partial charge on any atom is 0.218 e. The summed E-state index contributed by atoms with van der Waals surface area (Å²) in [6.07, 6.45) is 2.47. The molecule has 0 amide bonds. The van der Waals surface area contributed by atoms with Crippen LogP contribution in [0.5, 0.6) is 5.88 Å². The molecule has 0 saturated heterocycles. The van der Waals surface area contributed by atoms with Crippen molar-refractivity contribution in [3.05, 3.63) is 48.3 Å². The minimum atomic E-state index is 0.298. The molecule has 0 aliphatic rings. The molecule has 4 nitrogen and oxygen atoms in total. The highest BCUT2D eigenvalue weighted by molar-refractivity contribution is 5.38. The van der Waals surface area contributed by atoms with Crippen molar-refractivity contribution in [1.29, 1.82) is 0 Å². The molecule has 0 bridgehead atoms. The Labute approximate surface area is 113 Å². The molecule has 1 unspecified atom stereocenters. The van der Waals surface area contributed by atoms with Gasteiger partial charge in [0.25, 0.3) is 0 Å². The van der Waals surface area contributed by atoms with Gasteiger partial charge in [0.1, 0.15) is 12.1 Å². The molecule has 2 aromatic rings. The lowest BCUT2D eigenvalue weighted by Gasteiger charge is -2.14. The molecule has 19 heavy (non-hydrogen) atoms. The number of ether oxygens (including phenoxy) is 1. The predicted octanol–water partition coefficient (Wildman–Crippen LogP) is 2.92. The predicted molar refractivity (Wildman–Crippen MR) is 76.4 cm³/mol. The van der Waals surface area contributed by atoms with Crippen molar-refractivity contribution in [1.82, 2.24) is 9.97 Å². The number of nitrogens with zero attached hydrogens (tertiary/aromatic N) is 2. The van der Waals surface area contributed by atoms with Crippen LogP contribution in [-0.4, -0.2) is 22.6 Å². The van der Waals surface area contributed by atoms with E-state index in [1.807, 2.05) is 19.1 Å². The van der Waals surface area contributed by atoms with Gasteiger partial charge in [0.2, 0.25) is 5.88 Å². The van der Waals surface area contributed by atoms with E-state index in [4.69, 9.17) is 4.74 Å². The topological polar surface area (TPSA) is 47.0 Å². The number of rotatable bonds is 6. The molecule has 0 saturated carbocycles. The van der Waals surface area contributed by atoms with Crippen LogP contribution >= 0.6 is 0 Å². The van der Waals surface area contributed by atoms with Crippen molar-refractivity contribution < 1.29 is 4.74 Å². The standard InChI is InChI=1S/C15H19N3O/c1-3-19-15-10-14(16-11-17-15)18-12(2)9-13-7-5-4-6-8-13/h4-8,10-12H,3,9H2,1-2H3,(H,16,17,18).